The predicted octanol–water partition coefficient (Wildman–Crippen LogP) is 4.86. The Morgan fingerprint density at radius 3 is 2.50 bits per heavy atom. The van der Waals surface area contributed by atoms with Crippen LogP contribution in [0.25, 0.3) is 0 Å². The van der Waals surface area contributed by atoms with Gasteiger partial charge in [0.15, 0.2) is 0 Å². The fourth-order valence-electron chi connectivity index (χ4n) is 3.40. The number of ether oxygens (including phenoxy) is 1. The lowest BCUT2D eigenvalue weighted by molar-refractivity contribution is -0.0279. The fraction of sp³-hybridized carbons (Fsp3) is 0.429. The summed E-state index contributed by atoms with van der Waals surface area (Å²) < 4.78 is 20.0. The minimum absolute atomic E-state index is 0.274. The zero-order chi connectivity index (χ0) is 18.6. The van der Waals surface area contributed by atoms with Gasteiger partial charge >= 0.3 is 0 Å². The zero-order valence-corrected chi connectivity index (χ0v) is 16.6. The van der Waals surface area contributed by atoms with Crippen LogP contribution >= 0.6 is 15.9 Å². The van der Waals surface area contributed by atoms with Crippen LogP contribution in [-0.2, 0) is 12.1 Å². The van der Waals surface area contributed by atoms with E-state index < -0.39 is 5.60 Å². The maximum atomic E-state index is 13.1. The van der Waals surface area contributed by atoms with Crippen molar-refractivity contribution in [1.29, 1.82) is 0 Å². The van der Waals surface area contributed by atoms with Crippen LogP contribution in [0.5, 0.6) is 5.75 Å². The normalized spacial score (nSPS) is 17.2. The first kappa shape index (κ1) is 19.3. The van der Waals surface area contributed by atoms with Gasteiger partial charge in [0.2, 0.25) is 0 Å². The number of nitrogens with zero attached hydrogens (tertiary/aromatic N) is 1. The average Bonchev–Trinajstić information content (AvgIpc) is 2.64. The molecular formula is C21H25BrFNO2. The standard InChI is InChI=1S/C21H25BrFNO2/c1-2-13-26-20-8-5-18(22)14-16(20)15-24-11-9-21(25,10-12-24)17-3-6-19(23)7-4-17/h3-8,14,25H,2,9-13,15H2,1H3. The van der Waals surface area contributed by atoms with E-state index in [9.17, 15) is 9.50 Å². The van der Waals surface area contributed by atoms with Gasteiger partial charge in [-0.05, 0) is 55.2 Å². The summed E-state index contributed by atoms with van der Waals surface area (Å²) in [4.78, 5) is 2.33. The van der Waals surface area contributed by atoms with E-state index in [0.29, 0.717) is 19.4 Å². The highest BCUT2D eigenvalue weighted by atomic mass is 79.9. The lowest BCUT2D eigenvalue weighted by Gasteiger charge is -2.38. The average molecular weight is 422 g/mol. The summed E-state index contributed by atoms with van der Waals surface area (Å²) in [5, 5.41) is 11.0. The summed E-state index contributed by atoms with van der Waals surface area (Å²) in [6, 6.07) is 12.3. The van der Waals surface area contributed by atoms with Crippen molar-refractivity contribution in [2.24, 2.45) is 0 Å². The maximum Gasteiger partial charge on any atom is 0.123 e. The Hall–Kier alpha value is -1.43. The second-order valence-corrected chi connectivity index (χ2v) is 7.83. The third-order valence-electron chi connectivity index (χ3n) is 4.94. The molecule has 0 saturated carbocycles. The molecule has 0 aromatic heterocycles. The van der Waals surface area contributed by atoms with Crippen LogP contribution < -0.4 is 4.74 Å². The van der Waals surface area contributed by atoms with Crippen LogP contribution in [-0.4, -0.2) is 29.7 Å². The topological polar surface area (TPSA) is 32.7 Å². The molecule has 1 fully saturated rings. The highest BCUT2D eigenvalue weighted by Gasteiger charge is 2.34. The Balaban J connectivity index is 1.65. The molecule has 0 bridgehead atoms. The van der Waals surface area contributed by atoms with E-state index in [4.69, 9.17) is 4.74 Å². The number of hydrogen-bond donors (Lipinski definition) is 1. The van der Waals surface area contributed by atoms with Crippen LogP contribution in [0.3, 0.4) is 0 Å². The summed E-state index contributed by atoms with van der Waals surface area (Å²) >= 11 is 3.54. The molecule has 0 aliphatic carbocycles. The molecular weight excluding hydrogens is 397 g/mol. The first-order chi connectivity index (χ1) is 12.5. The molecule has 0 amide bonds. The number of halogens is 2. The number of rotatable bonds is 6. The summed E-state index contributed by atoms with van der Waals surface area (Å²) in [5.74, 6) is 0.651. The largest absolute Gasteiger partial charge is 0.493 e. The van der Waals surface area contributed by atoms with Gasteiger partial charge in [0.25, 0.3) is 0 Å². The van der Waals surface area contributed by atoms with Crippen LogP contribution in [0.2, 0.25) is 0 Å². The van der Waals surface area contributed by atoms with Crippen molar-refractivity contribution in [2.45, 2.75) is 38.3 Å². The zero-order valence-electron chi connectivity index (χ0n) is 15.0. The van der Waals surface area contributed by atoms with Crippen molar-refractivity contribution in [3.05, 3.63) is 63.9 Å². The van der Waals surface area contributed by atoms with E-state index in [1.807, 2.05) is 12.1 Å². The summed E-state index contributed by atoms with van der Waals surface area (Å²) in [7, 11) is 0. The van der Waals surface area contributed by atoms with E-state index in [0.717, 1.165) is 47.4 Å². The number of piperidine rings is 1. The molecule has 1 aliphatic rings. The van der Waals surface area contributed by atoms with Crippen LogP contribution in [0.4, 0.5) is 4.39 Å². The molecule has 0 radical (unpaired) electrons. The number of benzene rings is 2. The second kappa shape index (κ2) is 8.51. The van der Waals surface area contributed by atoms with Crippen LogP contribution in [0.15, 0.2) is 46.9 Å². The minimum Gasteiger partial charge on any atom is -0.493 e. The van der Waals surface area contributed by atoms with Crippen molar-refractivity contribution in [3.8, 4) is 5.75 Å². The van der Waals surface area contributed by atoms with Gasteiger partial charge in [0.1, 0.15) is 11.6 Å². The number of likely N-dealkylation sites (tertiary alicyclic amines) is 1. The lowest BCUT2D eigenvalue weighted by Crippen LogP contribution is -2.42. The van der Waals surface area contributed by atoms with E-state index in [1.165, 1.54) is 12.1 Å². The third-order valence-corrected chi connectivity index (χ3v) is 5.44. The minimum atomic E-state index is -0.872. The Bertz CT molecular complexity index is 727. The van der Waals surface area contributed by atoms with Gasteiger partial charge < -0.3 is 9.84 Å². The van der Waals surface area contributed by atoms with Gasteiger partial charge in [-0.25, -0.2) is 4.39 Å². The Morgan fingerprint density at radius 2 is 1.85 bits per heavy atom. The molecule has 2 aromatic rings. The molecule has 1 aliphatic heterocycles. The SMILES string of the molecule is CCCOc1ccc(Br)cc1CN1CCC(O)(c2ccc(F)cc2)CC1. The summed E-state index contributed by atoms with van der Waals surface area (Å²) in [5.41, 5.74) is 1.08. The summed E-state index contributed by atoms with van der Waals surface area (Å²) in [6.07, 6.45) is 2.25. The lowest BCUT2D eigenvalue weighted by atomic mass is 9.84. The van der Waals surface area contributed by atoms with Crippen LogP contribution in [0, 0.1) is 5.82 Å². The molecule has 3 nitrogen and oxygen atoms in total. The molecule has 140 valence electrons. The molecule has 1 heterocycles. The van der Waals surface area contributed by atoms with Gasteiger partial charge in [-0.2, -0.15) is 0 Å². The van der Waals surface area contributed by atoms with Gasteiger partial charge in [0.05, 0.1) is 12.2 Å². The summed E-state index contributed by atoms with van der Waals surface area (Å²) in [6.45, 7) is 5.16. The quantitative estimate of drug-likeness (QED) is 0.722. The Morgan fingerprint density at radius 1 is 1.15 bits per heavy atom. The van der Waals surface area contributed by atoms with E-state index in [2.05, 4.69) is 33.8 Å². The van der Waals surface area contributed by atoms with E-state index >= 15 is 0 Å². The molecule has 1 saturated heterocycles. The Kier molecular flexibility index (Phi) is 6.33. The fourth-order valence-corrected chi connectivity index (χ4v) is 3.80. The molecule has 5 heteroatoms. The van der Waals surface area contributed by atoms with Gasteiger partial charge in [0, 0.05) is 29.7 Å². The van der Waals surface area contributed by atoms with Gasteiger partial charge in [-0.15, -0.1) is 0 Å². The van der Waals surface area contributed by atoms with E-state index in [-0.39, 0.29) is 5.82 Å². The van der Waals surface area contributed by atoms with E-state index in [1.54, 1.807) is 12.1 Å². The third kappa shape index (κ3) is 4.64. The van der Waals surface area contributed by atoms with Crippen molar-refractivity contribution in [1.82, 2.24) is 4.90 Å². The Labute approximate surface area is 162 Å². The van der Waals surface area contributed by atoms with Crippen LogP contribution in [0.1, 0.15) is 37.3 Å². The monoisotopic (exact) mass is 421 g/mol. The molecule has 1 N–H and O–H groups in total. The number of aliphatic hydroxyl groups is 1. The molecule has 26 heavy (non-hydrogen) atoms. The van der Waals surface area contributed by atoms with Gasteiger partial charge in [-0.1, -0.05) is 35.0 Å². The van der Waals surface area contributed by atoms with Gasteiger partial charge in [-0.3, -0.25) is 4.90 Å². The highest BCUT2D eigenvalue weighted by Crippen LogP contribution is 2.34. The second-order valence-electron chi connectivity index (χ2n) is 6.92. The van der Waals surface area contributed by atoms with Crippen molar-refractivity contribution < 1.29 is 14.2 Å². The first-order valence-corrected chi connectivity index (χ1v) is 9.91. The van der Waals surface area contributed by atoms with Crippen molar-refractivity contribution >= 4 is 15.9 Å². The highest BCUT2D eigenvalue weighted by molar-refractivity contribution is 9.10. The molecule has 2 aromatic carbocycles. The first-order valence-electron chi connectivity index (χ1n) is 9.12. The predicted molar refractivity (Wildman–Crippen MR) is 105 cm³/mol. The number of hydrogen-bond acceptors (Lipinski definition) is 3. The van der Waals surface area contributed by atoms with Crippen molar-refractivity contribution in [3.63, 3.8) is 0 Å². The molecule has 0 spiro atoms. The molecule has 3 rings (SSSR count). The smallest absolute Gasteiger partial charge is 0.123 e. The molecule has 0 atom stereocenters. The molecule has 0 unspecified atom stereocenters. The van der Waals surface area contributed by atoms with Crippen molar-refractivity contribution in [2.75, 3.05) is 19.7 Å². The maximum absolute atomic E-state index is 13.1.